The van der Waals surface area contributed by atoms with E-state index in [9.17, 15) is 27.6 Å². The maximum Gasteiger partial charge on any atom is 0.408 e. The van der Waals surface area contributed by atoms with Gasteiger partial charge in [0.05, 0.1) is 24.3 Å². The Morgan fingerprint density at radius 2 is 1.83 bits per heavy atom. The summed E-state index contributed by atoms with van der Waals surface area (Å²) in [5.41, 5.74) is -1.50. The summed E-state index contributed by atoms with van der Waals surface area (Å²) in [6.45, 7) is 16.1. The number of sulfonamides is 1. The van der Waals surface area contributed by atoms with Crippen LogP contribution in [0.25, 0.3) is 27.9 Å². The van der Waals surface area contributed by atoms with Gasteiger partial charge in [-0.1, -0.05) is 45.4 Å². The van der Waals surface area contributed by atoms with Gasteiger partial charge in [-0.3, -0.25) is 19.1 Å². The number of halogens is 1. The number of hydrogen-bond donors (Lipinski definition) is 3. The average molecular weight is 854 g/mol. The molecule has 3 fully saturated rings. The van der Waals surface area contributed by atoms with Crippen molar-refractivity contribution in [1.29, 1.82) is 0 Å². The van der Waals surface area contributed by atoms with Gasteiger partial charge in [0.15, 0.2) is 5.58 Å². The second kappa shape index (κ2) is 15.0. The van der Waals surface area contributed by atoms with Crippen molar-refractivity contribution >= 4 is 73.4 Å². The lowest BCUT2D eigenvalue weighted by molar-refractivity contribution is -0.143. The van der Waals surface area contributed by atoms with Gasteiger partial charge in [0.1, 0.15) is 46.4 Å². The SMILES string of the molecule is C=C[C@@H]1C[C@]1(NC(=O)[C@@H]1C[C@@H](Oc2nc3c4c(oc3c3ccc(OC)cc23)C(C)CC(Cl)=C4)CN1C(=O)[C@@H](NC(=O)OC(C)(C)C)C(C)(C)C)C(=O)NS(=O)(=O)C1CC1. The van der Waals surface area contributed by atoms with Crippen LogP contribution >= 0.6 is 11.6 Å². The molecule has 1 aromatic carbocycles. The summed E-state index contributed by atoms with van der Waals surface area (Å²) in [6, 6.07) is 3.04. The number of methoxy groups -OCH3 is 1. The molecule has 1 saturated heterocycles. The molecule has 2 aromatic heterocycles. The van der Waals surface area contributed by atoms with Crippen LogP contribution < -0.4 is 24.8 Å². The Labute approximate surface area is 348 Å². The van der Waals surface area contributed by atoms with Crippen LogP contribution in [0.3, 0.4) is 0 Å². The molecule has 59 heavy (non-hydrogen) atoms. The number of nitrogens with zero attached hydrogens (tertiary/aromatic N) is 2. The normalized spacial score (nSPS) is 24.8. The number of amides is 4. The Morgan fingerprint density at radius 3 is 2.44 bits per heavy atom. The van der Waals surface area contributed by atoms with E-state index >= 15 is 0 Å². The molecule has 6 atom stereocenters. The number of rotatable bonds is 11. The molecule has 7 rings (SSSR count). The minimum Gasteiger partial charge on any atom is -0.497 e. The van der Waals surface area contributed by atoms with Crippen LogP contribution in [-0.4, -0.2) is 90.3 Å². The van der Waals surface area contributed by atoms with E-state index in [1.165, 1.54) is 11.0 Å². The summed E-state index contributed by atoms with van der Waals surface area (Å²) in [5, 5.41) is 6.78. The summed E-state index contributed by atoms with van der Waals surface area (Å²) >= 11 is 6.55. The minimum absolute atomic E-state index is 0.000523. The highest BCUT2D eigenvalue weighted by Gasteiger charge is 2.62. The fourth-order valence-corrected chi connectivity index (χ4v) is 9.63. The molecule has 4 aliphatic rings. The first-order valence-electron chi connectivity index (χ1n) is 19.8. The van der Waals surface area contributed by atoms with Crippen molar-refractivity contribution < 1.29 is 46.2 Å². The zero-order valence-corrected chi connectivity index (χ0v) is 36.1. The molecule has 0 bridgehead atoms. The first kappa shape index (κ1) is 42.3. The van der Waals surface area contributed by atoms with Crippen molar-refractivity contribution in [1.82, 2.24) is 25.2 Å². The third-order valence-electron chi connectivity index (χ3n) is 11.3. The number of fused-ring (bicyclic) bond motifs is 5. The van der Waals surface area contributed by atoms with Crippen LogP contribution in [0.4, 0.5) is 4.79 Å². The first-order chi connectivity index (χ1) is 27.5. The molecule has 3 N–H and O–H groups in total. The number of aromatic nitrogens is 1. The molecule has 2 saturated carbocycles. The molecular weight excluding hydrogens is 802 g/mol. The molecule has 0 radical (unpaired) electrons. The highest BCUT2D eigenvalue weighted by atomic mass is 35.5. The third kappa shape index (κ3) is 8.34. The highest BCUT2D eigenvalue weighted by molar-refractivity contribution is 7.91. The lowest BCUT2D eigenvalue weighted by atomic mass is 9.85. The third-order valence-corrected chi connectivity index (χ3v) is 13.3. The summed E-state index contributed by atoms with van der Waals surface area (Å²) in [6.07, 6.45) is 3.25. The van der Waals surface area contributed by atoms with Gasteiger partial charge >= 0.3 is 6.09 Å². The molecule has 3 heterocycles. The average Bonchev–Trinajstić information content (AvgIpc) is 4.05. The largest absolute Gasteiger partial charge is 0.497 e. The van der Waals surface area contributed by atoms with Crippen LogP contribution in [0.15, 0.2) is 40.3 Å². The number of hydrogen-bond acceptors (Lipinski definition) is 11. The number of ether oxygens (including phenoxy) is 3. The van der Waals surface area contributed by atoms with E-state index in [0.29, 0.717) is 51.9 Å². The van der Waals surface area contributed by atoms with Gasteiger partial charge in [0.2, 0.25) is 27.7 Å². The van der Waals surface area contributed by atoms with Crippen molar-refractivity contribution in [3.63, 3.8) is 0 Å². The predicted molar refractivity (Wildman–Crippen MR) is 221 cm³/mol. The lowest BCUT2D eigenvalue weighted by Crippen LogP contribution is -2.60. The lowest BCUT2D eigenvalue weighted by Gasteiger charge is -2.36. The number of furan rings is 1. The Bertz CT molecular complexity index is 2390. The van der Waals surface area contributed by atoms with Crippen molar-refractivity contribution in [2.45, 2.75) is 121 Å². The van der Waals surface area contributed by atoms with E-state index < -0.39 is 79.7 Å². The van der Waals surface area contributed by atoms with E-state index in [4.69, 9.17) is 35.2 Å². The number of nitrogens with one attached hydrogen (secondary N) is 3. The molecular formula is C42H52ClN5O10S. The van der Waals surface area contributed by atoms with Crippen molar-refractivity contribution in [3.05, 3.63) is 47.2 Å². The van der Waals surface area contributed by atoms with Gasteiger partial charge in [0, 0.05) is 34.2 Å². The standard InChI is InChI=1S/C42H52ClN5O10S/c1-10-22-19-42(22,38(51)47-59(53,54)26-12-13-26)46-35(49)30-18-25(20-48(30)37(50)34(40(3,4)5)45-39(52)58-41(6,7)8)56-36-28-17-24(55-9)11-14-27(28)33-31(44-36)29-16-23(43)15-21(2)32(29)57-33/h10-11,14,16-17,21-22,25-26,30,34H,1,12-13,15,18-20H2,2-9H3,(H,45,52)(H,46,49)(H,47,51)/t21?,22-,25-,30+,34-,42-/m1/s1. The zero-order valence-electron chi connectivity index (χ0n) is 34.6. The molecule has 318 valence electrons. The molecule has 0 spiro atoms. The molecule has 15 nitrogen and oxygen atoms in total. The quantitative estimate of drug-likeness (QED) is 0.191. The van der Waals surface area contributed by atoms with Gasteiger partial charge in [-0.2, -0.15) is 0 Å². The molecule has 3 aromatic rings. The van der Waals surface area contributed by atoms with E-state index in [1.54, 1.807) is 60.8 Å². The summed E-state index contributed by atoms with van der Waals surface area (Å²) in [7, 11) is -2.40. The van der Waals surface area contributed by atoms with E-state index in [0.717, 1.165) is 11.3 Å². The maximum absolute atomic E-state index is 14.8. The van der Waals surface area contributed by atoms with Crippen molar-refractivity contribution in [2.75, 3.05) is 13.7 Å². The van der Waals surface area contributed by atoms with Gasteiger partial charge in [-0.25, -0.2) is 18.2 Å². The van der Waals surface area contributed by atoms with E-state index in [-0.39, 0.29) is 31.2 Å². The highest BCUT2D eigenvalue weighted by Crippen LogP contribution is 2.47. The number of carbonyl (C=O) groups is 4. The Hall–Kier alpha value is -4.83. The number of alkyl carbamates (subject to hydrolysis) is 1. The van der Waals surface area contributed by atoms with Crippen LogP contribution in [0.5, 0.6) is 11.6 Å². The molecule has 1 unspecified atom stereocenters. The topological polar surface area (TPSA) is 195 Å². The summed E-state index contributed by atoms with van der Waals surface area (Å²) in [5.74, 6) is -1.24. The summed E-state index contributed by atoms with van der Waals surface area (Å²) in [4.78, 5) is 62.3. The molecule has 4 amide bonds. The number of carbonyl (C=O) groups excluding carboxylic acids is 4. The number of likely N-dealkylation sites (tertiary alicyclic amines) is 1. The molecule has 3 aliphatic carbocycles. The van der Waals surface area contributed by atoms with E-state index in [2.05, 4.69) is 21.9 Å². The number of pyridine rings is 1. The minimum atomic E-state index is -3.94. The fourth-order valence-electron chi connectivity index (χ4n) is 7.92. The Balaban J connectivity index is 1.26. The van der Waals surface area contributed by atoms with Crippen LogP contribution in [0, 0.1) is 11.3 Å². The van der Waals surface area contributed by atoms with Gasteiger partial charge in [0.25, 0.3) is 5.91 Å². The second-order valence-corrected chi connectivity index (χ2v) is 20.6. The zero-order chi connectivity index (χ0) is 43.0. The van der Waals surface area contributed by atoms with Crippen LogP contribution in [-0.2, 0) is 29.1 Å². The van der Waals surface area contributed by atoms with Crippen molar-refractivity contribution in [3.8, 4) is 11.6 Å². The monoisotopic (exact) mass is 853 g/mol. The van der Waals surface area contributed by atoms with Crippen LogP contribution in [0.2, 0.25) is 0 Å². The van der Waals surface area contributed by atoms with Crippen LogP contribution in [0.1, 0.15) is 97.8 Å². The molecule has 17 heteroatoms. The maximum atomic E-state index is 14.8. The first-order valence-corrected chi connectivity index (χ1v) is 21.7. The molecule has 1 aliphatic heterocycles. The Morgan fingerprint density at radius 1 is 1.12 bits per heavy atom. The van der Waals surface area contributed by atoms with Crippen molar-refractivity contribution in [2.24, 2.45) is 11.3 Å². The summed E-state index contributed by atoms with van der Waals surface area (Å²) < 4.78 is 52.0. The Kier molecular flexibility index (Phi) is 10.8. The fraction of sp³-hybridized carbons (Fsp3) is 0.548. The smallest absolute Gasteiger partial charge is 0.408 e. The van der Waals surface area contributed by atoms with Gasteiger partial charge in [-0.15, -0.1) is 6.58 Å². The predicted octanol–water partition coefficient (Wildman–Crippen LogP) is 6.03. The van der Waals surface area contributed by atoms with E-state index in [1.807, 2.05) is 19.1 Å². The van der Waals surface area contributed by atoms with Gasteiger partial charge < -0.3 is 34.2 Å². The second-order valence-electron chi connectivity index (χ2n) is 18.2. The number of benzene rings is 1. The van der Waals surface area contributed by atoms with Gasteiger partial charge in [-0.05, 0) is 76.1 Å². The number of allylic oxidation sites excluding steroid dienone is 1.